The van der Waals surface area contributed by atoms with Crippen LogP contribution in [-0.2, 0) is 5.67 Å². The Morgan fingerprint density at radius 2 is 2.07 bits per heavy atom. The third kappa shape index (κ3) is 2.12. The second-order valence-corrected chi connectivity index (χ2v) is 3.95. The molecule has 82 valence electrons. The molecule has 1 saturated heterocycles. The first-order chi connectivity index (χ1) is 7.24. The Morgan fingerprint density at radius 3 is 2.73 bits per heavy atom. The van der Waals surface area contributed by atoms with Crippen LogP contribution in [0.15, 0.2) is 24.3 Å². The number of piperidine rings is 1. The third-order valence-corrected chi connectivity index (χ3v) is 2.98. The fourth-order valence-electron chi connectivity index (χ4n) is 2.01. The van der Waals surface area contributed by atoms with Crippen molar-refractivity contribution >= 4 is 0 Å². The molecule has 0 saturated carbocycles. The van der Waals surface area contributed by atoms with Crippen molar-refractivity contribution in [3.05, 3.63) is 29.8 Å². The van der Waals surface area contributed by atoms with Crippen LogP contribution in [0.25, 0.3) is 0 Å². The summed E-state index contributed by atoms with van der Waals surface area (Å²) in [5, 5.41) is 3.17. The van der Waals surface area contributed by atoms with Gasteiger partial charge in [0.1, 0.15) is 11.4 Å². The molecule has 0 radical (unpaired) electrons. The summed E-state index contributed by atoms with van der Waals surface area (Å²) in [4.78, 5) is 0. The zero-order valence-corrected chi connectivity index (χ0v) is 8.92. The lowest BCUT2D eigenvalue weighted by Crippen LogP contribution is -2.36. The molecule has 0 amide bonds. The van der Waals surface area contributed by atoms with Crippen molar-refractivity contribution in [2.24, 2.45) is 0 Å². The Labute approximate surface area is 89.4 Å². The van der Waals surface area contributed by atoms with Gasteiger partial charge in [-0.25, -0.2) is 4.39 Å². The topological polar surface area (TPSA) is 21.3 Å². The second-order valence-electron chi connectivity index (χ2n) is 3.95. The normalized spacial score (nSPS) is 19.9. The van der Waals surface area contributed by atoms with E-state index in [0.717, 1.165) is 24.4 Å². The van der Waals surface area contributed by atoms with Crippen molar-refractivity contribution < 1.29 is 9.13 Å². The minimum atomic E-state index is -1.18. The van der Waals surface area contributed by atoms with Gasteiger partial charge in [-0.05, 0) is 43.6 Å². The number of ether oxygens (including phenoxy) is 1. The molecule has 0 spiro atoms. The highest BCUT2D eigenvalue weighted by atomic mass is 19.1. The van der Waals surface area contributed by atoms with Crippen molar-refractivity contribution in [3.8, 4) is 5.75 Å². The Bertz CT molecular complexity index is 334. The minimum absolute atomic E-state index is 0.542. The van der Waals surface area contributed by atoms with Gasteiger partial charge < -0.3 is 10.1 Å². The van der Waals surface area contributed by atoms with Gasteiger partial charge in [-0.1, -0.05) is 12.1 Å². The zero-order chi connectivity index (χ0) is 10.7. The van der Waals surface area contributed by atoms with Crippen molar-refractivity contribution in [3.63, 3.8) is 0 Å². The highest BCUT2D eigenvalue weighted by Gasteiger charge is 2.33. The van der Waals surface area contributed by atoms with Gasteiger partial charge in [0.15, 0.2) is 0 Å². The van der Waals surface area contributed by atoms with Gasteiger partial charge in [0.25, 0.3) is 0 Å². The SMILES string of the molecule is COc1cccc(C2(F)CCNCC2)c1. The lowest BCUT2D eigenvalue weighted by molar-refractivity contribution is 0.115. The highest BCUT2D eigenvalue weighted by Crippen LogP contribution is 2.36. The van der Waals surface area contributed by atoms with Gasteiger partial charge in [-0.2, -0.15) is 0 Å². The average molecular weight is 209 g/mol. The predicted molar refractivity (Wildman–Crippen MR) is 57.9 cm³/mol. The first kappa shape index (κ1) is 10.4. The first-order valence-electron chi connectivity index (χ1n) is 5.29. The number of hydrogen-bond donors (Lipinski definition) is 1. The van der Waals surface area contributed by atoms with Crippen LogP contribution < -0.4 is 10.1 Å². The molecular weight excluding hydrogens is 193 g/mol. The molecule has 1 aliphatic rings. The lowest BCUT2D eigenvalue weighted by Gasteiger charge is -2.30. The van der Waals surface area contributed by atoms with Crippen molar-refractivity contribution in [1.29, 1.82) is 0 Å². The fraction of sp³-hybridized carbons (Fsp3) is 0.500. The third-order valence-electron chi connectivity index (χ3n) is 2.98. The van der Waals surface area contributed by atoms with Crippen LogP contribution in [0.4, 0.5) is 4.39 Å². The number of methoxy groups -OCH3 is 1. The number of hydrogen-bond acceptors (Lipinski definition) is 2. The second kappa shape index (κ2) is 4.19. The maximum atomic E-state index is 14.5. The van der Waals surface area contributed by atoms with Crippen LogP contribution in [0.2, 0.25) is 0 Å². The molecule has 0 aliphatic carbocycles. The molecule has 1 aromatic carbocycles. The molecule has 1 N–H and O–H groups in total. The van der Waals surface area contributed by atoms with E-state index in [1.165, 1.54) is 0 Å². The molecule has 1 aromatic rings. The Hall–Kier alpha value is -1.09. The van der Waals surface area contributed by atoms with E-state index in [9.17, 15) is 4.39 Å². The molecule has 3 heteroatoms. The average Bonchev–Trinajstić information content (AvgIpc) is 2.30. The summed E-state index contributed by atoms with van der Waals surface area (Å²) in [6.07, 6.45) is 1.08. The number of nitrogens with one attached hydrogen (secondary N) is 1. The fourth-order valence-corrected chi connectivity index (χ4v) is 2.01. The number of rotatable bonds is 2. The maximum absolute atomic E-state index is 14.5. The van der Waals surface area contributed by atoms with E-state index in [1.54, 1.807) is 13.2 Å². The quantitative estimate of drug-likeness (QED) is 0.806. The molecule has 2 nitrogen and oxygen atoms in total. The summed E-state index contributed by atoms with van der Waals surface area (Å²) in [5.41, 5.74) is -0.442. The first-order valence-corrected chi connectivity index (χ1v) is 5.29. The Kier molecular flexibility index (Phi) is 2.91. The van der Waals surface area contributed by atoms with E-state index in [4.69, 9.17) is 4.74 Å². The summed E-state index contributed by atoms with van der Waals surface area (Å²) in [6.45, 7) is 1.49. The van der Waals surface area contributed by atoms with Crippen LogP contribution in [0.5, 0.6) is 5.75 Å². The van der Waals surface area contributed by atoms with Crippen LogP contribution in [0, 0.1) is 0 Å². The van der Waals surface area contributed by atoms with Crippen LogP contribution in [0.3, 0.4) is 0 Å². The van der Waals surface area contributed by atoms with Crippen LogP contribution in [-0.4, -0.2) is 20.2 Å². The van der Waals surface area contributed by atoms with Crippen LogP contribution in [0.1, 0.15) is 18.4 Å². The standard InChI is InChI=1S/C12H16FNO/c1-15-11-4-2-3-10(9-11)12(13)5-7-14-8-6-12/h2-4,9,14H,5-8H2,1H3. The summed E-state index contributed by atoms with van der Waals surface area (Å²) in [6, 6.07) is 7.32. The number of alkyl halides is 1. The maximum Gasteiger partial charge on any atom is 0.138 e. The van der Waals surface area contributed by atoms with E-state index in [1.807, 2.05) is 18.2 Å². The number of benzene rings is 1. The molecule has 2 rings (SSSR count). The van der Waals surface area contributed by atoms with Crippen LogP contribution >= 0.6 is 0 Å². The minimum Gasteiger partial charge on any atom is -0.497 e. The molecule has 0 atom stereocenters. The molecule has 0 aromatic heterocycles. The van der Waals surface area contributed by atoms with Gasteiger partial charge in [-0.3, -0.25) is 0 Å². The van der Waals surface area contributed by atoms with Gasteiger partial charge in [0, 0.05) is 0 Å². The summed E-state index contributed by atoms with van der Waals surface area (Å²) >= 11 is 0. The lowest BCUT2D eigenvalue weighted by atomic mass is 9.87. The van der Waals surface area contributed by atoms with E-state index in [2.05, 4.69) is 5.32 Å². The zero-order valence-electron chi connectivity index (χ0n) is 8.92. The number of halogens is 1. The van der Waals surface area contributed by atoms with Gasteiger partial charge >= 0.3 is 0 Å². The van der Waals surface area contributed by atoms with Crippen molar-refractivity contribution in [1.82, 2.24) is 5.32 Å². The monoisotopic (exact) mass is 209 g/mol. The largest absolute Gasteiger partial charge is 0.497 e. The Morgan fingerprint density at radius 1 is 1.33 bits per heavy atom. The molecule has 0 bridgehead atoms. The van der Waals surface area contributed by atoms with E-state index in [0.29, 0.717) is 12.8 Å². The molecule has 1 fully saturated rings. The molecular formula is C12H16FNO. The van der Waals surface area contributed by atoms with Crippen molar-refractivity contribution in [2.75, 3.05) is 20.2 Å². The molecule has 0 unspecified atom stereocenters. The summed E-state index contributed by atoms with van der Waals surface area (Å²) in [5.74, 6) is 0.725. The molecule has 15 heavy (non-hydrogen) atoms. The Balaban J connectivity index is 2.26. The van der Waals surface area contributed by atoms with E-state index in [-0.39, 0.29) is 0 Å². The highest BCUT2D eigenvalue weighted by molar-refractivity contribution is 5.32. The predicted octanol–water partition coefficient (Wildman–Crippen LogP) is 2.24. The molecule has 1 aliphatic heterocycles. The smallest absolute Gasteiger partial charge is 0.138 e. The van der Waals surface area contributed by atoms with Gasteiger partial charge in [-0.15, -0.1) is 0 Å². The van der Waals surface area contributed by atoms with Gasteiger partial charge in [0.2, 0.25) is 0 Å². The molecule has 1 heterocycles. The summed E-state index contributed by atoms with van der Waals surface area (Å²) in [7, 11) is 1.60. The van der Waals surface area contributed by atoms with E-state index >= 15 is 0 Å². The summed E-state index contributed by atoms with van der Waals surface area (Å²) < 4.78 is 19.6. The van der Waals surface area contributed by atoms with E-state index < -0.39 is 5.67 Å². The van der Waals surface area contributed by atoms with Gasteiger partial charge in [0.05, 0.1) is 7.11 Å². The van der Waals surface area contributed by atoms with Crippen molar-refractivity contribution in [2.45, 2.75) is 18.5 Å².